The van der Waals surface area contributed by atoms with Crippen LogP contribution in [0.2, 0.25) is 0 Å². The van der Waals surface area contributed by atoms with Gasteiger partial charge in [-0.1, -0.05) is 42.8 Å². The summed E-state index contributed by atoms with van der Waals surface area (Å²) in [6.07, 6.45) is 4.50. The summed E-state index contributed by atoms with van der Waals surface area (Å²) in [7, 11) is 0. The van der Waals surface area contributed by atoms with Gasteiger partial charge in [0.1, 0.15) is 5.82 Å². The lowest BCUT2D eigenvalue weighted by Crippen LogP contribution is -2.44. The van der Waals surface area contributed by atoms with Gasteiger partial charge in [-0.2, -0.15) is 0 Å². The maximum absolute atomic E-state index is 13.2. The van der Waals surface area contributed by atoms with Crippen LogP contribution in [0, 0.1) is 11.2 Å². The van der Waals surface area contributed by atoms with Gasteiger partial charge in [0, 0.05) is 36.4 Å². The van der Waals surface area contributed by atoms with E-state index in [2.05, 4.69) is 60.5 Å². The van der Waals surface area contributed by atoms with Gasteiger partial charge in [-0.25, -0.2) is 4.39 Å². The number of rotatable bonds is 4. The van der Waals surface area contributed by atoms with Crippen LogP contribution in [0.4, 0.5) is 10.1 Å². The fourth-order valence-corrected chi connectivity index (χ4v) is 4.46. The quantitative estimate of drug-likeness (QED) is 0.744. The second kappa shape index (κ2) is 7.32. The highest BCUT2D eigenvalue weighted by atomic mass is 19.1. The van der Waals surface area contributed by atoms with Crippen LogP contribution in [0.5, 0.6) is 0 Å². The predicted molar refractivity (Wildman–Crippen MR) is 110 cm³/mol. The number of piperidine rings is 1. The van der Waals surface area contributed by atoms with E-state index in [-0.39, 0.29) is 11.2 Å². The molecule has 0 aromatic heterocycles. The summed E-state index contributed by atoms with van der Waals surface area (Å²) in [5.74, 6) is -0.202. The standard InChI is InChI=1S/C24H27FN2/c1-18-15-24(2)17-27(16-19-6-4-3-5-7-19)13-12-20(24)14-23(18)26-22-10-8-21(25)9-11-22/h3-11,14,26H,12-13,15-17H2,1-2H3. The SMILES string of the molecule is CC1=C(Nc2ccc(F)cc2)C=C2CCN(Cc3ccccc3)CC2(C)C1. The molecular formula is C24H27FN2. The number of fused-ring (bicyclic) bond motifs is 1. The third-order valence-electron chi connectivity index (χ3n) is 5.85. The molecule has 4 rings (SSSR count). The van der Waals surface area contributed by atoms with Gasteiger partial charge in [-0.15, -0.1) is 0 Å². The Bertz CT molecular complexity index is 867. The molecule has 0 saturated carbocycles. The number of hydrogen-bond acceptors (Lipinski definition) is 2. The van der Waals surface area contributed by atoms with Crippen molar-refractivity contribution in [2.24, 2.45) is 5.41 Å². The number of hydrogen-bond donors (Lipinski definition) is 1. The van der Waals surface area contributed by atoms with Gasteiger partial charge < -0.3 is 5.32 Å². The molecule has 3 heteroatoms. The van der Waals surface area contributed by atoms with Crippen LogP contribution in [0.15, 0.2) is 77.5 Å². The molecule has 0 bridgehead atoms. The molecule has 1 aliphatic carbocycles. The molecule has 0 amide bonds. The molecule has 1 atom stereocenters. The Hall–Kier alpha value is -2.39. The average molecular weight is 362 g/mol. The number of anilines is 1. The summed E-state index contributed by atoms with van der Waals surface area (Å²) in [6.45, 7) is 7.82. The first kappa shape index (κ1) is 18.0. The number of halogens is 1. The Morgan fingerprint density at radius 2 is 1.81 bits per heavy atom. The van der Waals surface area contributed by atoms with Crippen molar-refractivity contribution in [1.29, 1.82) is 0 Å². The molecule has 2 aromatic rings. The highest BCUT2D eigenvalue weighted by Gasteiger charge is 2.37. The van der Waals surface area contributed by atoms with Gasteiger partial charge in [0.05, 0.1) is 0 Å². The van der Waals surface area contributed by atoms with Crippen LogP contribution in [-0.4, -0.2) is 18.0 Å². The van der Waals surface area contributed by atoms with Crippen molar-refractivity contribution in [2.45, 2.75) is 33.2 Å². The Morgan fingerprint density at radius 1 is 1.07 bits per heavy atom. The van der Waals surface area contributed by atoms with Crippen molar-refractivity contribution in [3.05, 3.63) is 88.9 Å². The lowest BCUT2D eigenvalue weighted by Gasteiger charge is -2.45. The molecule has 1 saturated heterocycles. The van der Waals surface area contributed by atoms with E-state index in [0.717, 1.165) is 38.2 Å². The van der Waals surface area contributed by atoms with E-state index >= 15 is 0 Å². The average Bonchev–Trinajstić information content (AvgIpc) is 2.65. The molecule has 2 nitrogen and oxygen atoms in total. The minimum Gasteiger partial charge on any atom is -0.356 e. The van der Waals surface area contributed by atoms with Crippen LogP contribution in [0.1, 0.15) is 32.3 Å². The van der Waals surface area contributed by atoms with Crippen molar-refractivity contribution in [1.82, 2.24) is 4.90 Å². The molecule has 1 fully saturated rings. The fraction of sp³-hybridized carbons (Fsp3) is 0.333. The van der Waals surface area contributed by atoms with Crippen molar-refractivity contribution >= 4 is 5.69 Å². The van der Waals surface area contributed by atoms with Gasteiger partial charge in [-0.05, 0) is 61.2 Å². The van der Waals surface area contributed by atoms with E-state index in [0.29, 0.717) is 0 Å². The normalized spacial score (nSPS) is 23.0. The van der Waals surface area contributed by atoms with E-state index in [9.17, 15) is 4.39 Å². The maximum Gasteiger partial charge on any atom is 0.123 e. The third kappa shape index (κ3) is 3.98. The molecule has 1 N–H and O–H groups in total. The third-order valence-corrected chi connectivity index (χ3v) is 5.85. The predicted octanol–water partition coefficient (Wildman–Crippen LogP) is 5.75. The minimum atomic E-state index is -0.202. The molecular weight excluding hydrogens is 335 g/mol. The fourth-order valence-electron chi connectivity index (χ4n) is 4.46. The summed E-state index contributed by atoms with van der Waals surface area (Å²) in [6, 6.07) is 17.3. The Morgan fingerprint density at radius 3 is 2.56 bits per heavy atom. The highest BCUT2D eigenvalue weighted by molar-refractivity contribution is 5.54. The van der Waals surface area contributed by atoms with Gasteiger partial charge in [-0.3, -0.25) is 4.90 Å². The number of nitrogens with one attached hydrogen (secondary N) is 1. The second-order valence-electron chi connectivity index (χ2n) is 8.18. The van der Waals surface area contributed by atoms with Crippen molar-refractivity contribution in [3.8, 4) is 0 Å². The lowest BCUT2D eigenvalue weighted by molar-refractivity contribution is 0.144. The zero-order valence-electron chi connectivity index (χ0n) is 16.1. The van der Waals surface area contributed by atoms with Crippen LogP contribution >= 0.6 is 0 Å². The topological polar surface area (TPSA) is 15.3 Å². The Labute approximate surface area is 161 Å². The van der Waals surface area contributed by atoms with Crippen LogP contribution < -0.4 is 5.32 Å². The van der Waals surface area contributed by atoms with E-state index in [1.165, 1.54) is 34.5 Å². The molecule has 2 aromatic carbocycles. The largest absolute Gasteiger partial charge is 0.356 e. The first-order valence-corrected chi connectivity index (χ1v) is 9.71. The van der Waals surface area contributed by atoms with E-state index < -0.39 is 0 Å². The first-order valence-electron chi connectivity index (χ1n) is 9.71. The molecule has 1 unspecified atom stereocenters. The molecule has 27 heavy (non-hydrogen) atoms. The zero-order chi connectivity index (χ0) is 18.9. The molecule has 1 heterocycles. The van der Waals surface area contributed by atoms with Crippen LogP contribution in [0.3, 0.4) is 0 Å². The highest BCUT2D eigenvalue weighted by Crippen LogP contribution is 2.44. The minimum absolute atomic E-state index is 0.199. The number of allylic oxidation sites excluding steroid dienone is 2. The van der Waals surface area contributed by atoms with Crippen molar-refractivity contribution < 1.29 is 4.39 Å². The zero-order valence-corrected chi connectivity index (χ0v) is 16.1. The second-order valence-corrected chi connectivity index (χ2v) is 8.18. The van der Waals surface area contributed by atoms with Gasteiger partial charge >= 0.3 is 0 Å². The van der Waals surface area contributed by atoms with Gasteiger partial charge in [0.15, 0.2) is 0 Å². The maximum atomic E-state index is 13.2. The summed E-state index contributed by atoms with van der Waals surface area (Å²) in [4.78, 5) is 2.58. The molecule has 140 valence electrons. The van der Waals surface area contributed by atoms with E-state index in [4.69, 9.17) is 0 Å². The molecule has 0 spiro atoms. The van der Waals surface area contributed by atoms with Crippen molar-refractivity contribution in [2.75, 3.05) is 18.4 Å². The Kier molecular flexibility index (Phi) is 4.88. The molecule has 2 aliphatic rings. The van der Waals surface area contributed by atoms with E-state index in [1.807, 2.05) is 0 Å². The summed E-state index contributed by atoms with van der Waals surface area (Å²) in [5, 5.41) is 3.48. The van der Waals surface area contributed by atoms with Gasteiger partial charge in [0.2, 0.25) is 0 Å². The van der Waals surface area contributed by atoms with Crippen LogP contribution in [-0.2, 0) is 6.54 Å². The smallest absolute Gasteiger partial charge is 0.123 e. The number of benzene rings is 2. The lowest BCUT2D eigenvalue weighted by atomic mass is 9.69. The summed E-state index contributed by atoms with van der Waals surface area (Å²) < 4.78 is 13.2. The number of nitrogens with zero attached hydrogens (tertiary/aromatic N) is 1. The number of likely N-dealkylation sites (tertiary alicyclic amines) is 1. The molecule has 1 aliphatic heterocycles. The van der Waals surface area contributed by atoms with Gasteiger partial charge in [0.25, 0.3) is 0 Å². The van der Waals surface area contributed by atoms with Crippen molar-refractivity contribution in [3.63, 3.8) is 0 Å². The Balaban J connectivity index is 1.48. The van der Waals surface area contributed by atoms with E-state index in [1.54, 1.807) is 12.1 Å². The van der Waals surface area contributed by atoms with Crippen LogP contribution in [0.25, 0.3) is 0 Å². The first-order chi connectivity index (χ1) is 13.0. The summed E-state index contributed by atoms with van der Waals surface area (Å²) in [5.41, 5.74) is 6.59. The molecule has 0 radical (unpaired) electrons. The monoisotopic (exact) mass is 362 g/mol. The summed E-state index contributed by atoms with van der Waals surface area (Å²) >= 11 is 0.